The van der Waals surface area contributed by atoms with Crippen molar-refractivity contribution in [2.45, 2.75) is 12.5 Å². The average Bonchev–Trinajstić information content (AvgIpc) is 2.27. The van der Waals surface area contributed by atoms with E-state index in [1.807, 2.05) is 18.2 Å². The third-order valence-electron chi connectivity index (χ3n) is 2.83. The molecule has 0 saturated carbocycles. The molecule has 18 heavy (non-hydrogen) atoms. The van der Waals surface area contributed by atoms with Crippen molar-refractivity contribution in [1.29, 1.82) is 0 Å². The Bertz CT molecular complexity index is 515. The Morgan fingerprint density at radius 2 is 2.06 bits per heavy atom. The standard InChI is InChI=1S/C12H17NO4S/c1-16-11-3-2-9(4-5-13)6-12(11)17-10-7-18(14,15)8-10/h2-3,6,10H,4-5,7-8,13H2,1H3. The minimum Gasteiger partial charge on any atom is -0.493 e. The summed E-state index contributed by atoms with van der Waals surface area (Å²) in [7, 11) is -1.32. The predicted octanol–water partition coefficient (Wildman–Crippen LogP) is 0.372. The maximum Gasteiger partial charge on any atom is 0.161 e. The van der Waals surface area contributed by atoms with Crippen LogP contribution in [0.1, 0.15) is 5.56 Å². The Morgan fingerprint density at radius 1 is 1.33 bits per heavy atom. The predicted molar refractivity (Wildman–Crippen MR) is 68.8 cm³/mol. The van der Waals surface area contributed by atoms with E-state index in [-0.39, 0.29) is 17.6 Å². The molecule has 0 atom stereocenters. The van der Waals surface area contributed by atoms with E-state index in [1.54, 1.807) is 7.11 Å². The fraction of sp³-hybridized carbons (Fsp3) is 0.500. The number of nitrogens with two attached hydrogens (primary N) is 1. The Balaban J connectivity index is 2.12. The summed E-state index contributed by atoms with van der Waals surface area (Å²) in [6.07, 6.45) is 0.487. The number of rotatable bonds is 5. The number of hydrogen-bond donors (Lipinski definition) is 1. The molecule has 100 valence electrons. The van der Waals surface area contributed by atoms with Crippen LogP contribution < -0.4 is 15.2 Å². The smallest absolute Gasteiger partial charge is 0.161 e. The molecule has 0 radical (unpaired) electrons. The third kappa shape index (κ3) is 2.94. The summed E-state index contributed by atoms with van der Waals surface area (Å²) in [5.41, 5.74) is 6.56. The molecule has 2 rings (SSSR count). The van der Waals surface area contributed by atoms with Crippen molar-refractivity contribution in [3.63, 3.8) is 0 Å². The van der Waals surface area contributed by atoms with Gasteiger partial charge in [0.15, 0.2) is 21.3 Å². The van der Waals surface area contributed by atoms with Crippen molar-refractivity contribution in [3.05, 3.63) is 23.8 Å². The molecule has 0 bridgehead atoms. The highest BCUT2D eigenvalue weighted by Gasteiger charge is 2.35. The first kappa shape index (κ1) is 13.2. The maximum absolute atomic E-state index is 11.1. The molecule has 1 aromatic rings. The lowest BCUT2D eigenvalue weighted by molar-refractivity contribution is 0.219. The van der Waals surface area contributed by atoms with Gasteiger partial charge in [0, 0.05) is 0 Å². The zero-order valence-corrected chi connectivity index (χ0v) is 11.1. The van der Waals surface area contributed by atoms with Crippen LogP contribution in [-0.4, -0.2) is 39.7 Å². The molecule has 6 heteroatoms. The van der Waals surface area contributed by atoms with Gasteiger partial charge >= 0.3 is 0 Å². The lowest BCUT2D eigenvalue weighted by Crippen LogP contribution is -2.45. The van der Waals surface area contributed by atoms with Crippen LogP contribution in [0.25, 0.3) is 0 Å². The average molecular weight is 271 g/mol. The van der Waals surface area contributed by atoms with Gasteiger partial charge in [-0.25, -0.2) is 8.42 Å². The van der Waals surface area contributed by atoms with E-state index in [2.05, 4.69) is 0 Å². The van der Waals surface area contributed by atoms with E-state index >= 15 is 0 Å². The third-order valence-corrected chi connectivity index (χ3v) is 4.59. The van der Waals surface area contributed by atoms with Crippen molar-refractivity contribution < 1.29 is 17.9 Å². The van der Waals surface area contributed by atoms with Gasteiger partial charge in [0.1, 0.15) is 6.10 Å². The normalized spacial score (nSPS) is 18.1. The monoisotopic (exact) mass is 271 g/mol. The molecule has 5 nitrogen and oxygen atoms in total. The fourth-order valence-electron chi connectivity index (χ4n) is 1.90. The summed E-state index contributed by atoms with van der Waals surface area (Å²) < 4.78 is 33.0. The number of ether oxygens (including phenoxy) is 2. The van der Waals surface area contributed by atoms with Crippen LogP contribution in [0.15, 0.2) is 18.2 Å². The van der Waals surface area contributed by atoms with Gasteiger partial charge in [0.2, 0.25) is 0 Å². The van der Waals surface area contributed by atoms with Crippen molar-refractivity contribution in [2.75, 3.05) is 25.2 Å². The van der Waals surface area contributed by atoms with Gasteiger partial charge in [0.25, 0.3) is 0 Å². The first-order valence-electron chi connectivity index (χ1n) is 5.78. The molecule has 1 saturated heterocycles. The summed E-state index contributed by atoms with van der Waals surface area (Å²) in [4.78, 5) is 0. The Kier molecular flexibility index (Phi) is 3.77. The van der Waals surface area contributed by atoms with Gasteiger partial charge < -0.3 is 15.2 Å². The summed E-state index contributed by atoms with van der Waals surface area (Å²) >= 11 is 0. The minimum atomic E-state index is -2.88. The van der Waals surface area contributed by atoms with Crippen LogP contribution in [0.2, 0.25) is 0 Å². The summed E-state index contributed by atoms with van der Waals surface area (Å²) in [6.45, 7) is 0.559. The molecular weight excluding hydrogens is 254 g/mol. The first-order chi connectivity index (χ1) is 8.54. The second-order valence-corrected chi connectivity index (χ2v) is 6.49. The van der Waals surface area contributed by atoms with Crippen LogP contribution in [0, 0.1) is 0 Å². The summed E-state index contributed by atoms with van der Waals surface area (Å²) in [5, 5.41) is 0. The quantitative estimate of drug-likeness (QED) is 0.837. The molecule has 2 N–H and O–H groups in total. The molecule has 0 aromatic heterocycles. The van der Waals surface area contributed by atoms with Crippen LogP contribution in [-0.2, 0) is 16.3 Å². The Labute approximate surface area is 107 Å². The van der Waals surface area contributed by atoms with Crippen LogP contribution in [0.5, 0.6) is 11.5 Å². The molecule has 1 fully saturated rings. The minimum absolute atomic E-state index is 0.0806. The zero-order chi connectivity index (χ0) is 13.2. The molecule has 0 amide bonds. The molecule has 0 spiro atoms. The van der Waals surface area contributed by atoms with Crippen LogP contribution in [0.4, 0.5) is 0 Å². The van der Waals surface area contributed by atoms with Crippen molar-refractivity contribution in [3.8, 4) is 11.5 Å². The van der Waals surface area contributed by atoms with E-state index in [1.165, 1.54) is 0 Å². The Morgan fingerprint density at radius 3 is 2.61 bits per heavy atom. The highest BCUT2D eigenvalue weighted by Crippen LogP contribution is 2.31. The van der Waals surface area contributed by atoms with Gasteiger partial charge in [-0.2, -0.15) is 0 Å². The Hall–Kier alpha value is -1.27. The molecule has 0 unspecified atom stereocenters. The first-order valence-corrected chi connectivity index (χ1v) is 7.60. The number of hydrogen-bond acceptors (Lipinski definition) is 5. The molecular formula is C12H17NO4S. The maximum atomic E-state index is 11.1. The molecule has 0 aliphatic carbocycles. The fourth-order valence-corrected chi connectivity index (χ4v) is 3.07. The van der Waals surface area contributed by atoms with E-state index in [9.17, 15) is 8.42 Å². The zero-order valence-electron chi connectivity index (χ0n) is 10.3. The van der Waals surface area contributed by atoms with E-state index in [4.69, 9.17) is 15.2 Å². The summed E-state index contributed by atoms with van der Waals surface area (Å²) in [5.74, 6) is 1.36. The van der Waals surface area contributed by atoms with E-state index in [0.717, 1.165) is 12.0 Å². The molecule has 1 aliphatic rings. The summed E-state index contributed by atoms with van der Waals surface area (Å²) in [6, 6.07) is 5.60. The number of benzene rings is 1. The van der Waals surface area contributed by atoms with Gasteiger partial charge in [-0.1, -0.05) is 6.07 Å². The molecule has 1 heterocycles. The lowest BCUT2D eigenvalue weighted by atomic mass is 10.1. The topological polar surface area (TPSA) is 78.6 Å². The van der Waals surface area contributed by atoms with Gasteiger partial charge in [-0.15, -0.1) is 0 Å². The van der Waals surface area contributed by atoms with Crippen LogP contribution in [0.3, 0.4) is 0 Å². The highest BCUT2D eigenvalue weighted by molar-refractivity contribution is 7.92. The van der Waals surface area contributed by atoms with E-state index in [0.29, 0.717) is 18.0 Å². The number of methoxy groups -OCH3 is 1. The van der Waals surface area contributed by atoms with Crippen molar-refractivity contribution >= 4 is 9.84 Å². The van der Waals surface area contributed by atoms with E-state index < -0.39 is 9.84 Å². The molecule has 1 aromatic carbocycles. The SMILES string of the molecule is COc1ccc(CCN)cc1OC1CS(=O)(=O)C1. The van der Waals surface area contributed by atoms with Crippen molar-refractivity contribution in [2.24, 2.45) is 5.73 Å². The van der Waals surface area contributed by atoms with Gasteiger partial charge in [-0.05, 0) is 30.7 Å². The highest BCUT2D eigenvalue weighted by atomic mass is 32.2. The van der Waals surface area contributed by atoms with Crippen molar-refractivity contribution in [1.82, 2.24) is 0 Å². The van der Waals surface area contributed by atoms with Gasteiger partial charge in [-0.3, -0.25) is 0 Å². The molecule has 1 aliphatic heterocycles. The lowest BCUT2D eigenvalue weighted by Gasteiger charge is -2.27. The second-order valence-electron chi connectivity index (χ2n) is 4.34. The van der Waals surface area contributed by atoms with Crippen LogP contribution >= 0.6 is 0 Å². The number of sulfone groups is 1. The second kappa shape index (κ2) is 5.16. The largest absolute Gasteiger partial charge is 0.493 e. The van der Waals surface area contributed by atoms with Gasteiger partial charge in [0.05, 0.1) is 18.6 Å².